The summed E-state index contributed by atoms with van der Waals surface area (Å²) in [5, 5.41) is 10.8. The van der Waals surface area contributed by atoms with E-state index in [1.54, 1.807) is 32.2 Å². The number of non-ortho nitro benzene ring substituents is 1. The molecule has 0 unspecified atom stereocenters. The van der Waals surface area contributed by atoms with Crippen molar-refractivity contribution in [3.8, 4) is 5.69 Å². The first-order valence-electron chi connectivity index (χ1n) is 6.06. The zero-order valence-corrected chi connectivity index (χ0v) is 11.3. The molecule has 0 aliphatic heterocycles. The molecule has 2 rings (SSSR count). The van der Waals surface area contributed by atoms with Gasteiger partial charge in [-0.2, -0.15) is 0 Å². The summed E-state index contributed by atoms with van der Waals surface area (Å²) in [6.45, 7) is 7.11. The maximum absolute atomic E-state index is 12.3. The second kappa shape index (κ2) is 5.13. The van der Waals surface area contributed by atoms with Gasteiger partial charge < -0.3 is 0 Å². The van der Waals surface area contributed by atoms with Crippen LogP contribution in [-0.4, -0.2) is 9.49 Å². The molecule has 1 aromatic heterocycles. The van der Waals surface area contributed by atoms with Gasteiger partial charge in [0.1, 0.15) is 0 Å². The van der Waals surface area contributed by atoms with E-state index in [2.05, 4.69) is 6.58 Å². The van der Waals surface area contributed by atoms with Gasteiger partial charge in [0.05, 0.1) is 10.6 Å². The van der Waals surface area contributed by atoms with Gasteiger partial charge in [-0.25, -0.2) is 0 Å². The highest BCUT2D eigenvalue weighted by atomic mass is 16.6. The molecule has 102 valence electrons. The number of pyridine rings is 1. The molecule has 2 aromatic rings. The Morgan fingerprint density at radius 1 is 1.30 bits per heavy atom. The van der Waals surface area contributed by atoms with Crippen LogP contribution >= 0.6 is 0 Å². The fraction of sp³-hybridized carbons (Fsp3) is 0.133. The number of aryl methyl sites for hydroxylation is 2. The molecule has 0 fully saturated rings. The second-order valence-electron chi connectivity index (χ2n) is 4.53. The Morgan fingerprint density at radius 3 is 2.40 bits per heavy atom. The van der Waals surface area contributed by atoms with E-state index in [1.165, 1.54) is 22.8 Å². The van der Waals surface area contributed by atoms with Crippen molar-refractivity contribution in [2.24, 2.45) is 0 Å². The van der Waals surface area contributed by atoms with E-state index in [1.807, 2.05) is 0 Å². The number of rotatable bonds is 3. The van der Waals surface area contributed by atoms with Gasteiger partial charge in [-0.1, -0.05) is 12.7 Å². The summed E-state index contributed by atoms with van der Waals surface area (Å²) in [7, 11) is 0. The SMILES string of the molecule is C=Cc1cccn(-c2c(C)cc([N+](=O)[O-])cc2C)c1=O. The van der Waals surface area contributed by atoms with Gasteiger partial charge in [0.2, 0.25) is 0 Å². The third-order valence-corrected chi connectivity index (χ3v) is 3.12. The average Bonchev–Trinajstić information content (AvgIpc) is 2.39. The van der Waals surface area contributed by atoms with Crippen molar-refractivity contribution in [1.82, 2.24) is 4.57 Å². The van der Waals surface area contributed by atoms with Gasteiger partial charge in [0.15, 0.2) is 0 Å². The van der Waals surface area contributed by atoms with E-state index in [0.29, 0.717) is 22.4 Å². The van der Waals surface area contributed by atoms with Gasteiger partial charge in [0.25, 0.3) is 11.2 Å². The summed E-state index contributed by atoms with van der Waals surface area (Å²) in [4.78, 5) is 22.7. The van der Waals surface area contributed by atoms with Crippen LogP contribution in [0.3, 0.4) is 0 Å². The Labute approximate surface area is 116 Å². The quantitative estimate of drug-likeness (QED) is 0.636. The molecule has 5 heteroatoms. The van der Waals surface area contributed by atoms with E-state index >= 15 is 0 Å². The van der Waals surface area contributed by atoms with Gasteiger partial charge in [-0.3, -0.25) is 19.5 Å². The van der Waals surface area contributed by atoms with Crippen LogP contribution in [0.4, 0.5) is 5.69 Å². The van der Waals surface area contributed by atoms with Crippen LogP contribution in [0.5, 0.6) is 0 Å². The molecule has 1 heterocycles. The molecular formula is C15H14N2O3. The molecule has 0 aliphatic rings. The standard InChI is InChI=1S/C15H14N2O3/c1-4-12-6-5-7-16(15(12)18)14-10(2)8-13(17(19)20)9-11(14)3/h4-9H,1H2,2-3H3. The largest absolute Gasteiger partial charge is 0.283 e. The van der Waals surface area contributed by atoms with E-state index in [-0.39, 0.29) is 11.2 Å². The first-order chi connectivity index (χ1) is 9.45. The zero-order chi connectivity index (χ0) is 14.9. The smallest absolute Gasteiger partial charge is 0.270 e. The minimum atomic E-state index is -0.438. The number of nitro groups is 1. The predicted octanol–water partition coefficient (Wildman–Crippen LogP) is 3.01. The van der Waals surface area contributed by atoms with Crippen LogP contribution in [-0.2, 0) is 0 Å². The number of hydrogen-bond acceptors (Lipinski definition) is 3. The zero-order valence-electron chi connectivity index (χ0n) is 11.3. The van der Waals surface area contributed by atoms with Crippen LogP contribution in [0.25, 0.3) is 11.8 Å². The Hall–Kier alpha value is -2.69. The van der Waals surface area contributed by atoms with Crippen molar-refractivity contribution in [3.63, 3.8) is 0 Å². The van der Waals surface area contributed by atoms with E-state index in [0.717, 1.165) is 0 Å². The summed E-state index contributed by atoms with van der Waals surface area (Å²) in [5.41, 5.74) is 2.35. The molecule has 0 atom stereocenters. The highest BCUT2D eigenvalue weighted by Gasteiger charge is 2.14. The van der Waals surface area contributed by atoms with Crippen molar-refractivity contribution < 1.29 is 4.92 Å². The maximum Gasteiger partial charge on any atom is 0.270 e. The molecule has 0 aliphatic carbocycles. The van der Waals surface area contributed by atoms with Crippen LogP contribution in [0.1, 0.15) is 16.7 Å². The molecule has 1 aromatic carbocycles. The molecule has 0 saturated carbocycles. The molecule has 5 nitrogen and oxygen atoms in total. The van der Waals surface area contributed by atoms with Gasteiger partial charge >= 0.3 is 0 Å². The molecule has 0 saturated heterocycles. The highest BCUT2D eigenvalue weighted by molar-refractivity contribution is 5.55. The van der Waals surface area contributed by atoms with Crippen LogP contribution in [0.15, 0.2) is 41.8 Å². The van der Waals surface area contributed by atoms with Crippen molar-refractivity contribution in [1.29, 1.82) is 0 Å². The molecule has 20 heavy (non-hydrogen) atoms. The summed E-state index contributed by atoms with van der Waals surface area (Å²) < 4.78 is 1.49. The second-order valence-corrected chi connectivity index (χ2v) is 4.53. The molecule has 0 bridgehead atoms. The molecule has 0 radical (unpaired) electrons. The number of nitro benzene ring substituents is 1. The first kappa shape index (κ1) is 13.7. The van der Waals surface area contributed by atoms with Crippen molar-refractivity contribution in [2.45, 2.75) is 13.8 Å². The first-order valence-corrected chi connectivity index (χ1v) is 6.06. The third kappa shape index (κ3) is 2.25. The highest BCUT2D eigenvalue weighted by Crippen LogP contribution is 2.24. The molecule has 0 N–H and O–H groups in total. The van der Waals surface area contributed by atoms with E-state index in [4.69, 9.17) is 0 Å². The normalized spacial score (nSPS) is 10.3. The summed E-state index contributed by atoms with van der Waals surface area (Å²) in [5.74, 6) is 0. The van der Waals surface area contributed by atoms with Crippen LogP contribution in [0.2, 0.25) is 0 Å². The lowest BCUT2D eigenvalue weighted by molar-refractivity contribution is -0.384. The third-order valence-electron chi connectivity index (χ3n) is 3.12. The Morgan fingerprint density at radius 2 is 1.90 bits per heavy atom. The molecule has 0 amide bonds. The average molecular weight is 270 g/mol. The predicted molar refractivity (Wildman–Crippen MR) is 78.3 cm³/mol. The topological polar surface area (TPSA) is 65.1 Å². The number of aromatic nitrogens is 1. The number of benzene rings is 1. The Bertz CT molecular complexity index is 737. The fourth-order valence-electron chi connectivity index (χ4n) is 2.26. The number of nitrogens with zero attached hydrogens (tertiary/aromatic N) is 2. The van der Waals surface area contributed by atoms with Gasteiger partial charge in [-0.05, 0) is 37.1 Å². The Balaban J connectivity index is 2.74. The summed E-state index contributed by atoms with van der Waals surface area (Å²) in [6.07, 6.45) is 3.14. The van der Waals surface area contributed by atoms with Crippen LogP contribution in [0, 0.1) is 24.0 Å². The molecular weight excluding hydrogens is 256 g/mol. The van der Waals surface area contributed by atoms with Crippen molar-refractivity contribution in [3.05, 3.63) is 74.2 Å². The van der Waals surface area contributed by atoms with E-state index in [9.17, 15) is 14.9 Å². The lowest BCUT2D eigenvalue weighted by atomic mass is 10.1. The summed E-state index contributed by atoms with van der Waals surface area (Å²) in [6, 6.07) is 6.37. The number of hydrogen-bond donors (Lipinski definition) is 0. The summed E-state index contributed by atoms with van der Waals surface area (Å²) >= 11 is 0. The lowest BCUT2D eigenvalue weighted by Crippen LogP contribution is -2.21. The fourth-order valence-corrected chi connectivity index (χ4v) is 2.26. The van der Waals surface area contributed by atoms with Crippen molar-refractivity contribution >= 4 is 11.8 Å². The van der Waals surface area contributed by atoms with Crippen molar-refractivity contribution in [2.75, 3.05) is 0 Å². The Kier molecular flexibility index (Phi) is 3.52. The monoisotopic (exact) mass is 270 g/mol. The minimum Gasteiger partial charge on any atom is -0.283 e. The maximum atomic E-state index is 12.3. The lowest BCUT2D eigenvalue weighted by Gasteiger charge is -2.13. The van der Waals surface area contributed by atoms with E-state index < -0.39 is 4.92 Å². The van der Waals surface area contributed by atoms with Gasteiger partial charge in [0, 0.05) is 23.9 Å². The van der Waals surface area contributed by atoms with Gasteiger partial charge in [-0.15, -0.1) is 0 Å². The van der Waals surface area contributed by atoms with Crippen LogP contribution < -0.4 is 5.56 Å². The molecule has 0 spiro atoms. The minimum absolute atomic E-state index is 0.0247.